The highest BCUT2D eigenvalue weighted by Gasteiger charge is 2.52. The van der Waals surface area contributed by atoms with Gasteiger partial charge in [-0.2, -0.15) is 13.2 Å². The molecule has 2 aliphatic rings. The molecule has 2 aromatic carbocycles. The second-order valence-corrected chi connectivity index (χ2v) is 11.4. The van der Waals surface area contributed by atoms with Crippen molar-refractivity contribution in [1.82, 2.24) is 0 Å². The van der Waals surface area contributed by atoms with Gasteiger partial charge in [0.05, 0.1) is 30.2 Å². The zero-order valence-electron chi connectivity index (χ0n) is 20.8. The van der Waals surface area contributed by atoms with Crippen LogP contribution in [0.5, 0.6) is 11.5 Å². The number of benzene rings is 2. The number of nitrogens with one attached hydrogen (secondary N) is 1. The van der Waals surface area contributed by atoms with Crippen LogP contribution in [0, 0.1) is 17.7 Å². The van der Waals surface area contributed by atoms with E-state index < -0.39 is 57.6 Å². The zero-order chi connectivity index (χ0) is 28.9. The highest BCUT2D eigenvalue weighted by Crippen LogP contribution is 2.48. The number of carboxylic acid groups (broad SMARTS) is 1. The fraction of sp³-hybridized carbons (Fsp3) is 0.417. The SMILES string of the molecule is COc1cc(S(=O)(=O)N2CC([C@H]3C[C@H]3C(=O)O)Oc3ccc(NC(=O)OC(C)(C)C(F)(F)F)cc32)ccc1F. The fourth-order valence-corrected chi connectivity index (χ4v) is 5.57. The van der Waals surface area contributed by atoms with Gasteiger partial charge in [-0.25, -0.2) is 17.6 Å². The topological polar surface area (TPSA) is 131 Å². The molecule has 4 rings (SSSR count). The Morgan fingerprint density at radius 1 is 1.15 bits per heavy atom. The van der Waals surface area contributed by atoms with Gasteiger partial charge < -0.3 is 19.3 Å². The van der Waals surface area contributed by atoms with E-state index in [1.165, 1.54) is 12.1 Å². The molecule has 10 nitrogen and oxygen atoms in total. The van der Waals surface area contributed by atoms with E-state index >= 15 is 0 Å². The molecule has 39 heavy (non-hydrogen) atoms. The minimum atomic E-state index is -4.85. The molecule has 0 bridgehead atoms. The number of fused-ring (bicyclic) bond motifs is 1. The maximum absolute atomic E-state index is 14.0. The number of sulfonamides is 1. The van der Waals surface area contributed by atoms with Crippen LogP contribution in [0.25, 0.3) is 0 Å². The second-order valence-electron chi connectivity index (χ2n) is 9.54. The first-order valence-electron chi connectivity index (χ1n) is 11.5. The highest BCUT2D eigenvalue weighted by molar-refractivity contribution is 7.92. The van der Waals surface area contributed by atoms with Crippen LogP contribution in [0.2, 0.25) is 0 Å². The van der Waals surface area contributed by atoms with Gasteiger partial charge in [-0.05, 0) is 50.6 Å². The molecule has 3 atom stereocenters. The number of halogens is 4. The molecule has 1 aliphatic carbocycles. The van der Waals surface area contributed by atoms with Crippen LogP contribution in [-0.2, 0) is 19.6 Å². The van der Waals surface area contributed by atoms with Gasteiger partial charge in [0.1, 0.15) is 11.9 Å². The molecule has 1 aliphatic heterocycles. The average molecular weight is 577 g/mol. The average Bonchev–Trinajstić information content (AvgIpc) is 3.64. The quantitative estimate of drug-likeness (QED) is 0.464. The molecule has 0 saturated heterocycles. The summed E-state index contributed by atoms with van der Waals surface area (Å²) in [6.07, 6.45) is -6.85. The first kappa shape index (κ1) is 28.3. The molecule has 15 heteroatoms. The van der Waals surface area contributed by atoms with Gasteiger partial charge in [0.2, 0.25) is 5.60 Å². The highest BCUT2D eigenvalue weighted by atomic mass is 32.2. The summed E-state index contributed by atoms with van der Waals surface area (Å²) in [5.41, 5.74) is -3.00. The third-order valence-electron chi connectivity index (χ3n) is 6.47. The van der Waals surface area contributed by atoms with E-state index in [0.29, 0.717) is 13.8 Å². The molecule has 0 radical (unpaired) electrons. The van der Waals surface area contributed by atoms with Gasteiger partial charge in [-0.3, -0.25) is 14.4 Å². The van der Waals surface area contributed by atoms with Crippen molar-refractivity contribution < 1.29 is 54.9 Å². The first-order valence-corrected chi connectivity index (χ1v) is 13.0. The molecule has 2 aromatic rings. The molecule has 1 fully saturated rings. The zero-order valence-corrected chi connectivity index (χ0v) is 21.6. The maximum Gasteiger partial charge on any atom is 0.427 e. The van der Waals surface area contributed by atoms with Crippen molar-refractivity contribution in [2.45, 2.75) is 43.0 Å². The van der Waals surface area contributed by atoms with E-state index in [2.05, 4.69) is 10.1 Å². The lowest BCUT2D eigenvalue weighted by atomic mass is 10.1. The lowest BCUT2D eigenvalue weighted by Crippen LogP contribution is -2.45. The van der Waals surface area contributed by atoms with Gasteiger partial charge in [0, 0.05) is 17.7 Å². The van der Waals surface area contributed by atoms with Gasteiger partial charge in [-0.1, -0.05) is 0 Å². The molecular formula is C24H24F4N2O8S. The lowest BCUT2D eigenvalue weighted by Gasteiger charge is -2.36. The van der Waals surface area contributed by atoms with Crippen molar-refractivity contribution in [3.63, 3.8) is 0 Å². The smallest absolute Gasteiger partial charge is 0.427 e. The predicted octanol–water partition coefficient (Wildman–Crippen LogP) is 4.40. The first-order chi connectivity index (χ1) is 18.0. The molecule has 0 aromatic heterocycles. The Morgan fingerprint density at radius 2 is 1.85 bits per heavy atom. The van der Waals surface area contributed by atoms with E-state index in [0.717, 1.165) is 35.7 Å². The van der Waals surface area contributed by atoms with Crippen molar-refractivity contribution in [3.05, 3.63) is 42.2 Å². The maximum atomic E-state index is 14.0. The minimum absolute atomic E-state index is 0.0227. The number of hydrogen-bond donors (Lipinski definition) is 2. The van der Waals surface area contributed by atoms with Crippen LogP contribution >= 0.6 is 0 Å². The van der Waals surface area contributed by atoms with Crippen molar-refractivity contribution in [3.8, 4) is 11.5 Å². The van der Waals surface area contributed by atoms with Crippen molar-refractivity contribution in [1.29, 1.82) is 0 Å². The Hall–Kier alpha value is -3.75. The Labute approximate surface area is 220 Å². The van der Waals surface area contributed by atoms with Gasteiger partial charge in [0.25, 0.3) is 10.0 Å². The molecule has 0 spiro atoms. The largest absolute Gasteiger partial charge is 0.494 e. The van der Waals surface area contributed by atoms with Crippen molar-refractivity contribution in [2.75, 3.05) is 23.3 Å². The molecule has 2 N–H and O–H groups in total. The van der Waals surface area contributed by atoms with Crippen LogP contribution in [0.1, 0.15) is 20.3 Å². The summed E-state index contributed by atoms with van der Waals surface area (Å²) in [6, 6.07) is 6.61. The van der Waals surface area contributed by atoms with Crippen LogP contribution in [-0.4, -0.2) is 57.1 Å². The number of amides is 1. The monoisotopic (exact) mass is 576 g/mol. The van der Waals surface area contributed by atoms with E-state index in [1.54, 1.807) is 0 Å². The second kappa shape index (κ2) is 9.77. The van der Waals surface area contributed by atoms with E-state index in [1.807, 2.05) is 0 Å². The Kier molecular flexibility index (Phi) is 7.08. The fourth-order valence-electron chi connectivity index (χ4n) is 4.07. The predicted molar refractivity (Wildman–Crippen MR) is 128 cm³/mol. The van der Waals surface area contributed by atoms with Crippen LogP contribution < -0.4 is 19.1 Å². The summed E-state index contributed by atoms with van der Waals surface area (Å²) in [5.74, 6) is -3.36. The number of carboxylic acids is 1. The summed E-state index contributed by atoms with van der Waals surface area (Å²) in [4.78, 5) is 23.3. The number of rotatable bonds is 7. The minimum Gasteiger partial charge on any atom is -0.494 e. The molecule has 1 heterocycles. The number of carbonyl (C=O) groups excluding carboxylic acids is 1. The summed E-state index contributed by atoms with van der Waals surface area (Å²) in [5, 5.41) is 11.5. The summed E-state index contributed by atoms with van der Waals surface area (Å²) < 4.78 is 96.9. The number of anilines is 2. The van der Waals surface area contributed by atoms with Gasteiger partial charge in [-0.15, -0.1) is 0 Å². The summed E-state index contributed by atoms with van der Waals surface area (Å²) >= 11 is 0. The lowest BCUT2D eigenvalue weighted by molar-refractivity contribution is -0.242. The Bertz CT molecular complexity index is 1410. The van der Waals surface area contributed by atoms with Gasteiger partial charge in [0.15, 0.2) is 11.6 Å². The number of methoxy groups -OCH3 is 1. The third-order valence-corrected chi connectivity index (χ3v) is 8.25. The van der Waals surface area contributed by atoms with E-state index in [9.17, 15) is 40.7 Å². The van der Waals surface area contributed by atoms with Crippen molar-refractivity contribution in [2.24, 2.45) is 11.8 Å². The Morgan fingerprint density at radius 3 is 2.44 bits per heavy atom. The Balaban J connectivity index is 1.69. The normalized spacial score (nSPS) is 20.9. The van der Waals surface area contributed by atoms with Gasteiger partial charge >= 0.3 is 18.2 Å². The number of nitrogens with zero attached hydrogens (tertiary/aromatic N) is 1. The number of hydrogen-bond acceptors (Lipinski definition) is 7. The van der Waals surface area contributed by atoms with E-state index in [-0.39, 0.29) is 40.7 Å². The van der Waals surface area contributed by atoms with Crippen LogP contribution in [0.4, 0.5) is 33.7 Å². The standard InChI is InChI=1S/C24H24F4N2O8S/c1-23(2,24(26,27)28)38-22(33)29-12-4-7-18-17(8-12)30(11-20(37-18)14-10-15(14)21(31)32)39(34,35)13-5-6-16(25)19(9-13)36-3/h4-9,14-15,20H,10-11H2,1-3H3,(H,29,33)(H,31,32)/t14-,15+,20?/m0/s1. The number of aliphatic carboxylic acids is 1. The molecular weight excluding hydrogens is 552 g/mol. The molecule has 1 amide bonds. The number of alkyl halides is 3. The molecule has 1 saturated carbocycles. The molecule has 212 valence electrons. The number of carbonyl (C=O) groups is 2. The summed E-state index contributed by atoms with van der Waals surface area (Å²) in [6.45, 7) is 1.01. The number of ether oxygens (including phenoxy) is 3. The molecule has 1 unspecified atom stereocenters. The third kappa shape index (κ3) is 5.53. The van der Waals surface area contributed by atoms with Crippen LogP contribution in [0.15, 0.2) is 41.3 Å². The van der Waals surface area contributed by atoms with Crippen molar-refractivity contribution >= 4 is 33.5 Å². The van der Waals surface area contributed by atoms with E-state index in [4.69, 9.17) is 9.47 Å². The van der Waals surface area contributed by atoms with Crippen LogP contribution in [0.3, 0.4) is 0 Å². The summed E-state index contributed by atoms with van der Waals surface area (Å²) in [7, 11) is -3.27.